The lowest BCUT2D eigenvalue weighted by atomic mass is 10.0. The maximum Gasteiger partial charge on any atom is 0.110 e. The van der Waals surface area contributed by atoms with Crippen molar-refractivity contribution in [2.24, 2.45) is 0 Å². The average Bonchev–Trinajstić information content (AvgIpc) is 3.12. The van der Waals surface area contributed by atoms with Crippen LogP contribution in [-0.2, 0) is 13.0 Å². The van der Waals surface area contributed by atoms with Gasteiger partial charge in [0.1, 0.15) is 5.82 Å². The van der Waals surface area contributed by atoms with Crippen LogP contribution < -0.4 is 5.32 Å². The molecule has 2 aromatic heterocycles. The zero-order valence-electron chi connectivity index (χ0n) is 12.5. The SMILES string of the molecule is CCNC(Cc1nccn1CC)c1csc2ccccc12. The monoisotopic (exact) mass is 299 g/mol. The van der Waals surface area contributed by atoms with Crippen molar-refractivity contribution in [3.8, 4) is 0 Å². The van der Waals surface area contributed by atoms with E-state index in [1.807, 2.05) is 17.5 Å². The van der Waals surface area contributed by atoms with Crippen molar-refractivity contribution >= 4 is 21.4 Å². The van der Waals surface area contributed by atoms with Crippen molar-refractivity contribution in [1.29, 1.82) is 0 Å². The molecule has 0 fully saturated rings. The molecule has 0 radical (unpaired) electrons. The number of aryl methyl sites for hydroxylation is 1. The van der Waals surface area contributed by atoms with E-state index in [4.69, 9.17) is 0 Å². The number of benzene rings is 1. The van der Waals surface area contributed by atoms with Gasteiger partial charge in [0, 0.05) is 36.1 Å². The Hall–Kier alpha value is -1.65. The Balaban J connectivity index is 1.94. The van der Waals surface area contributed by atoms with Gasteiger partial charge < -0.3 is 9.88 Å². The Kier molecular flexibility index (Phi) is 4.36. The topological polar surface area (TPSA) is 29.9 Å². The summed E-state index contributed by atoms with van der Waals surface area (Å²) in [5.41, 5.74) is 1.39. The van der Waals surface area contributed by atoms with Crippen LogP contribution in [0.3, 0.4) is 0 Å². The lowest BCUT2D eigenvalue weighted by Gasteiger charge is -2.18. The summed E-state index contributed by atoms with van der Waals surface area (Å²) >= 11 is 1.82. The Morgan fingerprint density at radius 2 is 2.14 bits per heavy atom. The molecule has 0 saturated carbocycles. The standard InChI is InChI=1S/C17H21N3S/c1-3-18-15(11-17-19-9-10-20(17)4-2)14-12-21-16-8-6-5-7-13(14)16/h5-10,12,15,18H,3-4,11H2,1-2H3. The minimum absolute atomic E-state index is 0.318. The zero-order valence-corrected chi connectivity index (χ0v) is 13.4. The highest BCUT2D eigenvalue weighted by molar-refractivity contribution is 7.17. The first kappa shape index (κ1) is 14.3. The van der Waals surface area contributed by atoms with E-state index in [1.54, 1.807) is 0 Å². The van der Waals surface area contributed by atoms with Crippen LogP contribution in [0.2, 0.25) is 0 Å². The van der Waals surface area contributed by atoms with Crippen LogP contribution >= 0.6 is 11.3 Å². The van der Waals surface area contributed by atoms with Gasteiger partial charge in [-0.1, -0.05) is 25.1 Å². The third-order valence-electron chi connectivity index (χ3n) is 3.87. The fourth-order valence-corrected chi connectivity index (χ4v) is 3.82. The quantitative estimate of drug-likeness (QED) is 0.745. The zero-order chi connectivity index (χ0) is 14.7. The molecule has 0 aliphatic heterocycles. The van der Waals surface area contributed by atoms with E-state index in [1.165, 1.54) is 15.6 Å². The molecule has 1 aromatic carbocycles. The molecule has 110 valence electrons. The lowest BCUT2D eigenvalue weighted by Crippen LogP contribution is -2.24. The van der Waals surface area contributed by atoms with Gasteiger partial charge in [0.05, 0.1) is 0 Å². The lowest BCUT2D eigenvalue weighted by molar-refractivity contribution is 0.526. The van der Waals surface area contributed by atoms with Crippen molar-refractivity contribution in [2.45, 2.75) is 32.9 Å². The number of fused-ring (bicyclic) bond motifs is 1. The van der Waals surface area contributed by atoms with Crippen LogP contribution in [0, 0.1) is 0 Å². The first-order valence-corrected chi connectivity index (χ1v) is 8.41. The highest BCUT2D eigenvalue weighted by Gasteiger charge is 2.17. The fraction of sp³-hybridized carbons (Fsp3) is 0.353. The predicted molar refractivity (Wildman–Crippen MR) is 89.8 cm³/mol. The van der Waals surface area contributed by atoms with Crippen molar-refractivity contribution in [3.05, 3.63) is 53.4 Å². The van der Waals surface area contributed by atoms with Gasteiger partial charge >= 0.3 is 0 Å². The Morgan fingerprint density at radius 1 is 1.29 bits per heavy atom. The summed E-state index contributed by atoms with van der Waals surface area (Å²) in [4.78, 5) is 4.53. The average molecular weight is 299 g/mol. The second kappa shape index (κ2) is 6.41. The number of hydrogen-bond donors (Lipinski definition) is 1. The van der Waals surface area contributed by atoms with Crippen LogP contribution in [0.1, 0.15) is 31.3 Å². The molecule has 1 atom stereocenters. The van der Waals surface area contributed by atoms with E-state index in [9.17, 15) is 0 Å². The van der Waals surface area contributed by atoms with E-state index in [0.717, 1.165) is 25.3 Å². The van der Waals surface area contributed by atoms with Crippen LogP contribution in [0.4, 0.5) is 0 Å². The van der Waals surface area contributed by atoms with E-state index >= 15 is 0 Å². The summed E-state index contributed by atoms with van der Waals surface area (Å²) in [7, 11) is 0. The van der Waals surface area contributed by atoms with Gasteiger partial charge in [-0.3, -0.25) is 0 Å². The first-order chi connectivity index (χ1) is 10.3. The van der Waals surface area contributed by atoms with Crippen molar-refractivity contribution in [3.63, 3.8) is 0 Å². The molecule has 1 unspecified atom stereocenters. The second-order valence-electron chi connectivity index (χ2n) is 5.13. The number of hydrogen-bond acceptors (Lipinski definition) is 3. The highest BCUT2D eigenvalue weighted by atomic mass is 32.1. The number of aromatic nitrogens is 2. The molecule has 1 N–H and O–H groups in total. The van der Waals surface area contributed by atoms with Crippen LogP contribution in [0.15, 0.2) is 42.0 Å². The number of rotatable bonds is 6. The Bertz CT molecular complexity index is 713. The first-order valence-electron chi connectivity index (χ1n) is 7.53. The molecule has 3 nitrogen and oxygen atoms in total. The van der Waals surface area contributed by atoms with E-state index in [-0.39, 0.29) is 0 Å². The summed E-state index contributed by atoms with van der Waals surface area (Å²) in [6, 6.07) is 8.96. The minimum Gasteiger partial charge on any atom is -0.335 e. The minimum atomic E-state index is 0.318. The van der Waals surface area contributed by atoms with Gasteiger partial charge in [0.15, 0.2) is 0 Å². The highest BCUT2D eigenvalue weighted by Crippen LogP contribution is 2.31. The molecule has 0 aliphatic rings. The van der Waals surface area contributed by atoms with Crippen molar-refractivity contribution in [2.75, 3.05) is 6.54 Å². The molecule has 3 rings (SSSR count). The second-order valence-corrected chi connectivity index (χ2v) is 6.04. The molecule has 2 heterocycles. The number of nitrogens with one attached hydrogen (secondary N) is 1. The molecule has 21 heavy (non-hydrogen) atoms. The molecule has 3 aromatic rings. The summed E-state index contributed by atoms with van der Waals surface area (Å²) in [5, 5.41) is 7.27. The van der Waals surface area contributed by atoms with Gasteiger partial charge in [0.2, 0.25) is 0 Å². The fourth-order valence-electron chi connectivity index (χ4n) is 2.81. The molecular weight excluding hydrogens is 278 g/mol. The third-order valence-corrected chi connectivity index (χ3v) is 4.85. The number of likely N-dealkylation sites (N-methyl/N-ethyl adjacent to an activating group) is 1. The van der Waals surface area contributed by atoms with Gasteiger partial charge in [-0.2, -0.15) is 0 Å². The maximum atomic E-state index is 4.53. The van der Waals surface area contributed by atoms with Crippen LogP contribution in [-0.4, -0.2) is 16.1 Å². The van der Waals surface area contributed by atoms with E-state index < -0.39 is 0 Å². The molecule has 0 saturated heterocycles. The van der Waals surface area contributed by atoms with Gasteiger partial charge in [-0.25, -0.2) is 4.98 Å². The van der Waals surface area contributed by atoms with Gasteiger partial charge in [0.25, 0.3) is 0 Å². The largest absolute Gasteiger partial charge is 0.335 e. The van der Waals surface area contributed by atoms with Crippen molar-refractivity contribution < 1.29 is 0 Å². The summed E-state index contributed by atoms with van der Waals surface area (Å²) < 4.78 is 3.58. The number of imidazole rings is 1. The van der Waals surface area contributed by atoms with Gasteiger partial charge in [-0.15, -0.1) is 11.3 Å². The molecule has 0 bridgehead atoms. The third kappa shape index (κ3) is 2.87. The smallest absolute Gasteiger partial charge is 0.110 e. The summed E-state index contributed by atoms with van der Waals surface area (Å²) in [5.74, 6) is 1.15. The number of thiophene rings is 1. The molecular formula is C17H21N3S. The predicted octanol–water partition coefficient (Wildman–Crippen LogP) is 4.01. The summed E-state index contributed by atoms with van der Waals surface area (Å²) in [6.45, 7) is 6.25. The number of nitrogens with zero attached hydrogens (tertiary/aromatic N) is 2. The van der Waals surface area contributed by atoms with E-state index in [0.29, 0.717) is 6.04 Å². The summed E-state index contributed by atoms with van der Waals surface area (Å²) in [6.07, 6.45) is 4.88. The molecule has 0 spiro atoms. The van der Waals surface area contributed by atoms with Crippen LogP contribution in [0.5, 0.6) is 0 Å². The van der Waals surface area contributed by atoms with E-state index in [2.05, 4.69) is 64.6 Å². The molecule has 4 heteroatoms. The Labute approximate surface area is 129 Å². The maximum absolute atomic E-state index is 4.53. The molecule has 0 aliphatic carbocycles. The molecule has 0 amide bonds. The van der Waals surface area contributed by atoms with Crippen LogP contribution in [0.25, 0.3) is 10.1 Å². The van der Waals surface area contributed by atoms with Crippen molar-refractivity contribution in [1.82, 2.24) is 14.9 Å². The van der Waals surface area contributed by atoms with Gasteiger partial charge in [-0.05, 0) is 35.9 Å². The normalized spacial score (nSPS) is 12.9. The Morgan fingerprint density at radius 3 is 2.95 bits per heavy atom.